The fourth-order valence-electron chi connectivity index (χ4n) is 0.729. The van der Waals surface area contributed by atoms with Gasteiger partial charge in [0.05, 0.1) is 6.10 Å². The number of ether oxygens (including phenoxy) is 1. The normalized spacial score (nSPS) is 14.8. The molecule has 0 rings (SSSR count). The molecular weight excluding hydrogens is 173 g/mol. The molecule has 0 bridgehead atoms. The molecule has 0 radical (unpaired) electrons. The lowest BCUT2D eigenvalue weighted by molar-refractivity contribution is -0.140. The molecule has 1 unspecified atom stereocenters. The Kier molecular flexibility index (Phi) is 5.24. The van der Waals surface area contributed by atoms with Crippen molar-refractivity contribution in [2.75, 3.05) is 13.7 Å². The van der Waals surface area contributed by atoms with E-state index in [0.29, 0.717) is 6.61 Å². The van der Waals surface area contributed by atoms with E-state index in [9.17, 15) is 13.2 Å². The van der Waals surface area contributed by atoms with Gasteiger partial charge in [-0.3, -0.25) is 0 Å². The van der Waals surface area contributed by atoms with Crippen LogP contribution >= 0.6 is 0 Å². The van der Waals surface area contributed by atoms with Gasteiger partial charge >= 0.3 is 6.18 Å². The molecule has 74 valence electrons. The maximum Gasteiger partial charge on any atom is 0.389 e. The van der Waals surface area contributed by atoms with Gasteiger partial charge in [-0.25, -0.2) is 0 Å². The minimum absolute atomic E-state index is 0.243. The van der Waals surface area contributed by atoms with Gasteiger partial charge in [0.15, 0.2) is 0 Å². The van der Waals surface area contributed by atoms with E-state index in [1.807, 2.05) is 0 Å². The van der Waals surface area contributed by atoms with Crippen LogP contribution in [0.3, 0.4) is 0 Å². The Hall–Kier alpha value is -0.290. The van der Waals surface area contributed by atoms with Crippen molar-refractivity contribution in [3.63, 3.8) is 0 Å². The minimum atomic E-state index is -4.17. The van der Waals surface area contributed by atoms with Gasteiger partial charge in [0.1, 0.15) is 0 Å². The molecule has 0 saturated heterocycles. The van der Waals surface area contributed by atoms with E-state index in [2.05, 4.69) is 4.74 Å². The molecule has 0 spiro atoms. The van der Waals surface area contributed by atoms with E-state index in [0.717, 1.165) is 0 Å². The van der Waals surface area contributed by atoms with Crippen LogP contribution < -0.4 is 0 Å². The molecule has 0 aromatic rings. The average molecular weight is 186 g/mol. The van der Waals surface area contributed by atoms with Crippen LogP contribution in [0.1, 0.15) is 19.3 Å². The number of aliphatic hydroxyl groups is 1. The highest BCUT2D eigenvalue weighted by atomic mass is 19.4. The van der Waals surface area contributed by atoms with E-state index in [1.54, 1.807) is 0 Å². The molecule has 0 aromatic carbocycles. The van der Waals surface area contributed by atoms with Crippen LogP contribution in [0.4, 0.5) is 13.2 Å². The summed E-state index contributed by atoms with van der Waals surface area (Å²) < 4.78 is 39.4. The number of rotatable bonds is 5. The van der Waals surface area contributed by atoms with Crippen LogP contribution in [-0.4, -0.2) is 31.1 Å². The monoisotopic (exact) mass is 186 g/mol. The Morgan fingerprint density at radius 1 is 1.33 bits per heavy atom. The molecule has 0 fully saturated rings. The van der Waals surface area contributed by atoms with Crippen molar-refractivity contribution in [3.8, 4) is 0 Å². The largest absolute Gasteiger partial charge is 0.393 e. The molecule has 0 saturated carbocycles. The Balaban J connectivity index is 3.37. The summed E-state index contributed by atoms with van der Waals surface area (Å²) in [6.45, 7) is 0.291. The zero-order chi connectivity index (χ0) is 9.61. The van der Waals surface area contributed by atoms with Gasteiger partial charge < -0.3 is 9.84 Å². The molecule has 5 heteroatoms. The molecule has 0 aromatic heterocycles. The molecular formula is C7H13F3O2. The summed E-state index contributed by atoms with van der Waals surface area (Å²) >= 11 is 0. The fraction of sp³-hybridized carbons (Fsp3) is 1.00. The molecule has 2 nitrogen and oxygen atoms in total. The highest BCUT2D eigenvalue weighted by Gasteiger charge is 2.27. The zero-order valence-electron chi connectivity index (χ0n) is 6.90. The average Bonchev–Trinajstić information content (AvgIpc) is 1.95. The summed E-state index contributed by atoms with van der Waals surface area (Å²) in [5.41, 5.74) is 0. The van der Waals surface area contributed by atoms with Crippen LogP contribution in [0.2, 0.25) is 0 Å². The van der Waals surface area contributed by atoms with E-state index in [1.165, 1.54) is 7.11 Å². The first-order chi connectivity index (χ1) is 5.45. The summed E-state index contributed by atoms with van der Waals surface area (Å²) in [5, 5.41) is 8.96. The number of halogens is 3. The predicted molar refractivity (Wildman–Crippen MR) is 37.8 cm³/mol. The number of alkyl halides is 3. The number of hydrogen-bond acceptors (Lipinski definition) is 2. The smallest absolute Gasteiger partial charge is 0.389 e. The lowest BCUT2D eigenvalue weighted by Gasteiger charge is -2.11. The highest BCUT2D eigenvalue weighted by molar-refractivity contribution is 4.59. The summed E-state index contributed by atoms with van der Waals surface area (Å²) in [6.07, 6.45) is -6.00. The first-order valence-electron chi connectivity index (χ1n) is 3.69. The minimum Gasteiger partial charge on any atom is -0.393 e. The fourth-order valence-corrected chi connectivity index (χ4v) is 0.729. The number of hydrogen-bond donors (Lipinski definition) is 1. The third-order valence-electron chi connectivity index (χ3n) is 1.42. The molecule has 0 heterocycles. The second-order valence-corrected chi connectivity index (χ2v) is 2.59. The molecule has 1 N–H and O–H groups in total. The lowest BCUT2D eigenvalue weighted by atomic mass is 10.1. The van der Waals surface area contributed by atoms with Gasteiger partial charge in [0, 0.05) is 20.1 Å². The van der Waals surface area contributed by atoms with Gasteiger partial charge in [-0.1, -0.05) is 0 Å². The van der Waals surface area contributed by atoms with E-state index in [4.69, 9.17) is 5.11 Å². The lowest BCUT2D eigenvalue weighted by Crippen LogP contribution is -2.15. The summed E-state index contributed by atoms with van der Waals surface area (Å²) in [5.74, 6) is 0. The zero-order valence-corrected chi connectivity index (χ0v) is 6.90. The highest BCUT2D eigenvalue weighted by Crippen LogP contribution is 2.22. The topological polar surface area (TPSA) is 29.5 Å². The quantitative estimate of drug-likeness (QED) is 0.708. The Morgan fingerprint density at radius 2 is 1.92 bits per heavy atom. The molecule has 0 aliphatic rings. The SMILES string of the molecule is COCCC(O)CCC(F)(F)F. The Bertz CT molecular complexity index is 114. The van der Waals surface area contributed by atoms with Crippen LogP contribution in [0, 0.1) is 0 Å². The summed E-state index contributed by atoms with van der Waals surface area (Å²) in [6, 6.07) is 0. The third kappa shape index (κ3) is 7.81. The van der Waals surface area contributed by atoms with Crippen LogP contribution in [0.5, 0.6) is 0 Å². The maximum atomic E-state index is 11.6. The van der Waals surface area contributed by atoms with E-state index >= 15 is 0 Å². The van der Waals surface area contributed by atoms with Crippen molar-refractivity contribution >= 4 is 0 Å². The molecule has 12 heavy (non-hydrogen) atoms. The Morgan fingerprint density at radius 3 is 2.33 bits per heavy atom. The maximum absolute atomic E-state index is 11.6. The van der Waals surface area contributed by atoms with Crippen molar-refractivity contribution in [2.24, 2.45) is 0 Å². The van der Waals surface area contributed by atoms with Crippen molar-refractivity contribution in [3.05, 3.63) is 0 Å². The third-order valence-corrected chi connectivity index (χ3v) is 1.42. The van der Waals surface area contributed by atoms with Gasteiger partial charge in [0.2, 0.25) is 0 Å². The van der Waals surface area contributed by atoms with E-state index < -0.39 is 18.7 Å². The standard InChI is InChI=1S/C7H13F3O2/c1-12-5-3-6(11)2-4-7(8,9)10/h6,11H,2-5H2,1H3. The molecule has 0 aliphatic heterocycles. The van der Waals surface area contributed by atoms with Gasteiger partial charge in [-0.05, 0) is 12.8 Å². The summed E-state index contributed by atoms with van der Waals surface area (Å²) in [4.78, 5) is 0. The molecule has 0 aliphatic carbocycles. The van der Waals surface area contributed by atoms with Crippen molar-refractivity contribution in [1.82, 2.24) is 0 Å². The van der Waals surface area contributed by atoms with Crippen molar-refractivity contribution in [2.45, 2.75) is 31.5 Å². The van der Waals surface area contributed by atoms with Crippen LogP contribution in [0.25, 0.3) is 0 Å². The van der Waals surface area contributed by atoms with Crippen molar-refractivity contribution in [1.29, 1.82) is 0 Å². The molecule has 0 amide bonds. The molecule has 1 atom stereocenters. The van der Waals surface area contributed by atoms with Gasteiger partial charge in [-0.2, -0.15) is 13.2 Å². The van der Waals surface area contributed by atoms with Crippen LogP contribution in [0.15, 0.2) is 0 Å². The Labute approximate surface area is 69.3 Å². The van der Waals surface area contributed by atoms with Crippen molar-refractivity contribution < 1.29 is 23.0 Å². The predicted octanol–water partition coefficient (Wildman–Crippen LogP) is 1.73. The van der Waals surface area contributed by atoms with Gasteiger partial charge in [0.25, 0.3) is 0 Å². The number of aliphatic hydroxyl groups excluding tert-OH is 1. The second kappa shape index (κ2) is 5.37. The van der Waals surface area contributed by atoms with E-state index in [-0.39, 0.29) is 12.8 Å². The first kappa shape index (κ1) is 11.7. The van der Waals surface area contributed by atoms with Gasteiger partial charge in [-0.15, -0.1) is 0 Å². The second-order valence-electron chi connectivity index (χ2n) is 2.59. The number of methoxy groups -OCH3 is 1. The summed E-state index contributed by atoms with van der Waals surface area (Å²) in [7, 11) is 1.44. The van der Waals surface area contributed by atoms with Crippen LogP contribution in [-0.2, 0) is 4.74 Å². The first-order valence-corrected chi connectivity index (χ1v) is 3.69.